The van der Waals surface area contributed by atoms with E-state index in [1.165, 1.54) is 13.1 Å². The van der Waals surface area contributed by atoms with E-state index in [1.807, 2.05) is 42.5 Å². The summed E-state index contributed by atoms with van der Waals surface area (Å²) in [5.41, 5.74) is 0.834. The van der Waals surface area contributed by atoms with Crippen molar-refractivity contribution in [2.45, 2.75) is 19.4 Å². The maximum absolute atomic E-state index is 12.1. The number of rotatable bonds is 5. The Morgan fingerprint density at radius 2 is 1.88 bits per heavy atom. The lowest BCUT2D eigenvalue weighted by atomic mass is 10.1. The third kappa shape index (κ3) is 4.58. The molecule has 0 aliphatic rings. The fraction of sp³-hybridized carbons (Fsp3) is 0.150. The molecule has 1 aromatic heterocycles. The number of nitrogens with zero attached hydrogens (tertiary/aromatic N) is 1. The Labute approximate surface area is 156 Å². The maximum atomic E-state index is 12.1. The van der Waals surface area contributed by atoms with E-state index in [1.54, 1.807) is 12.1 Å². The molecule has 132 valence electrons. The molecule has 26 heavy (non-hydrogen) atoms. The molecular formula is C20H17ClN2O3. The number of hydrogen-bond donors (Lipinski definition) is 1. The van der Waals surface area contributed by atoms with E-state index in [-0.39, 0.29) is 6.42 Å². The number of anilines is 1. The summed E-state index contributed by atoms with van der Waals surface area (Å²) < 4.78 is 5.22. The van der Waals surface area contributed by atoms with Crippen LogP contribution in [0.25, 0.3) is 10.8 Å². The lowest BCUT2D eigenvalue weighted by Gasteiger charge is -2.13. The average molecular weight is 369 g/mol. The van der Waals surface area contributed by atoms with Crippen molar-refractivity contribution in [1.82, 2.24) is 4.98 Å². The van der Waals surface area contributed by atoms with Gasteiger partial charge in [-0.25, -0.2) is 4.98 Å². The Morgan fingerprint density at radius 3 is 2.62 bits per heavy atom. The van der Waals surface area contributed by atoms with Crippen LogP contribution in [0, 0.1) is 0 Å². The highest BCUT2D eigenvalue weighted by Gasteiger charge is 2.18. The summed E-state index contributed by atoms with van der Waals surface area (Å²) in [5, 5.41) is 5.20. The van der Waals surface area contributed by atoms with Crippen molar-refractivity contribution in [3.63, 3.8) is 0 Å². The monoisotopic (exact) mass is 368 g/mol. The van der Waals surface area contributed by atoms with Crippen molar-refractivity contribution in [1.29, 1.82) is 0 Å². The molecule has 3 aromatic rings. The van der Waals surface area contributed by atoms with E-state index in [9.17, 15) is 9.59 Å². The van der Waals surface area contributed by atoms with Crippen LogP contribution in [0.4, 0.5) is 5.82 Å². The molecule has 0 aliphatic heterocycles. The van der Waals surface area contributed by atoms with E-state index in [0.717, 1.165) is 16.3 Å². The van der Waals surface area contributed by atoms with Crippen molar-refractivity contribution in [3.8, 4) is 0 Å². The van der Waals surface area contributed by atoms with Gasteiger partial charge in [-0.2, -0.15) is 0 Å². The van der Waals surface area contributed by atoms with Crippen molar-refractivity contribution in [2.24, 2.45) is 0 Å². The van der Waals surface area contributed by atoms with Gasteiger partial charge in [-0.3, -0.25) is 9.59 Å². The normalized spacial score (nSPS) is 11.8. The van der Waals surface area contributed by atoms with Crippen LogP contribution in [0.5, 0.6) is 0 Å². The number of pyridine rings is 1. The molecular weight excluding hydrogens is 352 g/mol. The highest BCUT2D eigenvalue weighted by Crippen LogP contribution is 2.16. The highest BCUT2D eigenvalue weighted by molar-refractivity contribution is 6.30. The molecule has 0 spiro atoms. The average Bonchev–Trinajstić information content (AvgIpc) is 2.63. The van der Waals surface area contributed by atoms with Crippen LogP contribution in [0.2, 0.25) is 5.02 Å². The lowest BCUT2D eigenvalue weighted by molar-refractivity contribution is -0.152. The zero-order chi connectivity index (χ0) is 18.5. The van der Waals surface area contributed by atoms with E-state index >= 15 is 0 Å². The molecule has 5 nitrogen and oxygen atoms in total. The molecule has 3 rings (SSSR count). The first-order valence-electron chi connectivity index (χ1n) is 8.11. The maximum Gasteiger partial charge on any atom is 0.311 e. The van der Waals surface area contributed by atoms with Gasteiger partial charge in [-0.05, 0) is 35.4 Å². The third-order valence-corrected chi connectivity index (χ3v) is 4.04. The molecule has 2 aromatic carbocycles. The Balaban J connectivity index is 1.57. The first-order valence-corrected chi connectivity index (χ1v) is 8.48. The zero-order valence-electron chi connectivity index (χ0n) is 14.1. The number of fused-ring (bicyclic) bond motifs is 1. The van der Waals surface area contributed by atoms with E-state index in [0.29, 0.717) is 10.8 Å². The van der Waals surface area contributed by atoms with Gasteiger partial charge in [0.15, 0.2) is 6.10 Å². The molecule has 1 N–H and O–H groups in total. The second kappa shape index (κ2) is 7.97. The van der Waals surface area contributed by atoms with Crippen molar-refractivity contribution >= 4 is 40.1 Å². The van der Waals surface area contributed by atoms with Crippen molar-refractivity contribution in [2.75, 3.05) is 5.32 Å². The van der Waals surface area contributed by atoms with Crippen LogP contribution in [0.3, 0.4) is 0 Å². The molecule has 0 radical (unpaired) electrons. The van der Waals surface area contributed by atoms with Crippen LogP contribution in [-0.4, -0.2) is 23.0 Å². The summed E-state index contributed by atoms with van der Waals surface area (Å²) >= 11 is 5.75. The van der Waals surface area contributed by atoms with Crippen LogP contribution in [-0.2, 0) is 20.7 Å². The number of ether oxygens (including phenoxy) is 1. The van der Waals surface area contributed by atoms with Crippen molar-refractivity contribution in [3.05, 3.63) is 71.4 Å². The molecule has 0 fully saturated rings. The van der Waals surface area contributed by atoms with Gasteiger partial charge < -0.3 is 10.1 Å². The minimum Gasteiger partial charge on any atom is -0.452 e. The van der Waals surface area contributed by atoms with Crippen molar-refractivity contribution < 1.29 is 14.3 Å². The summed E-state index contributed by atoms with van der Waals surface area (Å²) in [6, 6.07) is 16.9. The number of hydrogen-bond acceptors (Lipinski definition) is 4. The van der Waals surface area contributed by atoms with Crippen LogP contribution >= 0.6 is 11.6 Å². The predicted molar refractivity (Wildman–Crippen MR) is 101 cm³/mol. The van der Waals surface area contributed by atoms with E-state index in [4.69, 9.17) is 16.3 Å². The van der Waals surface area contributed by atoms with Gasteiger partial charge in [-0.1, -0.05) is 54.1 Å². The number of halogens is 1. The molecule has 0 saturated heterocycles. The van der Waals surface area contributed by atoms with Crippen LogP contribution in [0.15, 0.2) is 60.8 Å². The molecule has 0 aliphatic carbocycles. The molecule has 1 amide bonds. The minimum atomic E-state index is -0.930. The van der Waals surface area contributed by atoms with Gasteiger partial charge in [0, 0.05) is 6.20 Å². The summed E-state index contributed by atoms with van der Waals surface area (Å²) in [5.74, 6) is -0.574. The number of carbonyl (C=O) groups is 2. The van der Waals surface area contributed by atoms with Crippen LogP contribution < -0.4 is 5.32 Å². The van der Waals surface area contributed by atoms with E-state index in [2.05, 4.69) is 10.3 Å². The number of esters is 1. The Kier molecular flexibility index (Phi) is 5.49. The SMILES string of the molecule is C[C@H](OC(=O)Cc1ccc2ccccc2c1)C(=O)Nc1ccc(Cl)cn1. The smallest absolute Gasteiger partial charge is 0.311 e. The van der Waals surface area contributed by atoms with Gasteiger partial charge in [0.1, 0.15) is 5.82 Å². The predicted octanol–water partition coefficient (Wildman–Crippen LogP) is 4.00. The second-order valence-corrected chi connectivity index (χ2v) is 6.28. The number of aromatic nitrogens is 1. The summed E-state index contributed by atoms with van der Waals surface area (Å²) in [6.07, 6.45) is 0.593. The lowest BCUT2D eigenvalue weighted by Crippen LogP contribution is -2.30. The van der Waals surface area contributed by atoms with Gasteiger partial charge in [0.05, 0.1) is 11.4 Å². The summed E-state index contributed by atoms with van der Waals surface area (Å²) in [7, 11) is 0. The fourth-order valence-electron chi connectivity index (χ4n) is 2.49. The molecule has 6 heteroatoms. The van der Waals surface area contributed by atoms with E-state index < -0.39 is 18.0 Å². The molecule has 0 unspecified atom stereocenters. The first kappa shape index (κ1) is 17.9. The summed E-state index contributed by atoms with van der Waals surface area (Å²) in [6.45, 7) is 1.52. The number of carbonyl (C=O) groups excluding carboxylic acids is 2. The number of nitrogens with one attached hydrogen (secondary N) is 1. The fourth-order valence-corrected chi connectivity index (χ4v) is 2.60. The largest absolute Gasteiger partial charge is 0.452 e. The van der Waals surface area contributed by atoms with Gasteiger partial charge in [0.25, 0.3) is 5.91 Å². The second-order valence-electron chi connectivity index (χ2n) is 5.84. The quantitative estimate of drug-likeness (QED) is 0.691. The highest BCUT2D eigenvalue weighted by atomic mass is 35.5. The Morgan fingerprint density at radius 1 is 1.12 bits per heavy atom. The molecule has 0 saturated carbocycles. The van der Waals surface area contributed by atoms with Gasteiger partial charge in [-0.15, -0.1) is 0 Å². The Hall–Kier alpha value is -2.92. The molecule has 1 heterocycles. The third-order valence-electron chi connectivity index (χ3n) is 3.82. The minimum absolute atomic E-state index is 0.0989. The number of amides is 1. The Bertz CT molecular complexity index is 941. The first-order chi connectivity index (χ1) is 12.5. The van der Waals surface area contributed by atoms with Crippen LogP contribution in [0.1, 0.15) is 12.5 Å². The van der Waals surface area contributed by atoms with Gasteiger partial charge >= 0.3 is 5.97 Å². The molecule has 1 atom stereocenters. The topological polar surface area (TPSA) is 68.3 Å². The zero-order valence-corrected chi connectivity index (χ0v) is 14.9. The summed E-state index contributed by atoms with van der Waals surface area (Å²) in [4.78, 5) is 28.2. The molecule has 0 bridgehead atoms. The van der Waals surface area contributed by atoms with Gasteiger partial charge in [0.2, 0.25) is 0 Å². The number of benzene rings is 2. The standard InChI is InChI=1S/C20H17ClN2O3/c1-13(20(25)23-18-9-8-17(21)12-22-18)26-19(24)11-14-6-7-15-4-2-3-5-16(15)10-14/h2-10,12-13H,11H2,1H3,(H,22,23,25)/t13-/m0/s1.